The molecule has 0 atom stereocenters. The van der Waals surface area contributed by atoms with E-state index in [1.807, 2.05) is 60.7 Å². The summed E-state index contributed by atoms with van der Waals surface area (Å²) in [6, 6.07) is 15.2. The number of Topliss-reactive ketones (excluding diaryl/α,β-unsaturated/α-hetero) is 1. The fourth-order valence-corrected chi connectivity index (χ4v) is 2.76. The minimum Gasteiger partial charge on any atom is -0.399 e. The third-order valence-corrected chi connectivity index (χ3v) is 4.03. The van der Waals surface area contributed by atoms with Crippen LogP contribution < -0.4 is 11.5 Å². The molecule has 3 heteroatoms. The van der Waals surface area contributed by atoms with E-state index in [2.05, 4.69) is 0 Å². The second-order valence-corrected chi connectivity index (χ2v) is 5.86. The largest absolute Gasteiger partial charge is 0.399 e. The van der Waals surface area contributed by atoms with Crippen molar-refractivity contribution in [3.8, 4) is 0 Å². The van der Waals surface area contributed by atoms with Gasteiger partial charge in [-0.2, -0.15) is 0 Å². The third-order valence-electron chi connectivity index (χ3n) is 4.03. The maximum atomic E-state index is 12.7. The molecular weight excluding hydrogens is 284 g/mol. The number of nitrogens with two attached hydrogens (primary N) is 2. The van der Waals surface area contributed by atoms with E-state index in [4.69, 9.17) is 11.5 Å². The molecular formula is C20H20N2O. The normalized spacial score (nSPS) is 18.5. The maximum absolute atomic E-state index is 12.7. The average Bonchev–Trinajstić information content (AvgIpc) is 2.55. The summed E-state index contributed by atoms with van der Waals surface area (Å²) in [4.78, 5) is 12.7. The van der Waals surface area contributed by atoms with Crippen molar-refractivity contribution in [2.45, 2.75) is 19.3 Å². The maximum Gasteiger partial charge on any atom is 0.185 e. The van der Waals surface area contributed by atoms with E-state index < -0.39 is 0 Å². The van der Waals surface area contributed by atoms with E-state index >= 15 is 0 Å². The Hall–Kier alpha value is -2.81. The minimum absolute atomic E-state index is 0.143. The molecule has 0 spiro atoms. The summed E-state index contributed by atoms with van der Waals surface area (Å²) in [6.45, 7) is 0. The zero-order valence-electron chi connectivity index (χ0n) is 13.0. The highest BCUT2D eigenvalue weighted by atomic mass is 16.1. The molecule has 0 amide bonds. The lowest BCUT2D eigenvalue weighted by Crippen LogP contribution is -2.12. The second kappa shape index (κ2) is 6.53. The Morgan fingerprint density at radius 3 is 1.48 bits per heavy atom. The van der Waals surface area contributed by atoms with Crippen molar-refractivity contribution in [2.75, 3.05) is 11.5 Å². The van der Waals surface area contributed by atoms with Gasteiger partial charge in [0.15, 0.2) is 5.78 Å². The van der Waals surface area contributed by atoms with Gasteiger partial charge < -0.3 is 11.5 Å². The molecule has 0 unspecified atom stereocenters. The third kappa shape index (κ3) is 3.69. The lowest BCUT2D eigenvalue weighted by atomic mass is 9.87. The summed E-state index contributed by atoms with van der Waals surface area (Å²) in [5, 5.41) is 0. The van der Waals surface area contributed by atoms with Gasteiger partial charge in [0.2, 0.25) is 0 Å². The van der Waals surface area contributed by atoms with Gasteiger partial charge in [-0.25, -0.2) is 0 Å². The summed E-state index contributed by atoms with van der Waals surface area (Å²) >= 11 is 0. The van der Waals surface area contributed by atoms with Crippen LogP contribution in [0.1, 0.15) is 30.4 Å². The predicted octanol–water partition coefficient (Wildman–Crippen LogP) is 4.07. The lowest BCUT2D eigenvalue weighted by molar-refractivity contribution is -0.112. The topological polar surface area (TPSA) is 69.1 Å². The number of hydrogen-bond donors (Lipinski definition) is 2. The molecule has 0 bridgehead atoms. The van der Waals surface area contributed by atoms with Gasteiger partial charge in [-0.1, -0.05) is 24.3 Å². The van der Waals surface area contributed by atoms with Gasteiger partial charge >= 0.3 is 0 Å². The lowest BCUT2D eigenvalue weighted by Gasteiger charge is -2.16. The highest BCUT2D eigenvalue weighted by Crippen LogP contribution is 2.28. The molecule has 1 aliphatic carbocycles. The monoisotopic (exact) mass is 304 g/mol. The highest BCUT2D eigenvalue weighted by Gasteiger charge is 2.20. The first-order valence-electron chi connectivity index (χ1n) is 7.79. The number of carbonyl (C=O) groups excluding carboxylic acids is 1. The summed E-state index contributed by atoms with van der Waals surface area (Å²) in [6.07, 6.45) is 6.58. The second-order valence-electron chi connectivity index (χ2n) is 5.86. The molecule has 1 aliphatic rings. The molecule has 0 saturated heterocycles. The van der Waals surface area contributed by atoms with Gasteiger partial charge in [-0.3, -0.25) is 4.79 Å². The van der Waals surface area contributed by atoms with Gasteiger partial charge in [0, 0.05) is 22.5 Å². The molecule has 0 heterocycles. The molecule has 0 aromatic heterocycles. The smallest absolute Gasteiger partial charge is 0.185 e. The van der Waals surface area contributed by atoms with E-state index in [1.165, 1.54) is 0 Å². The van der Waals surface area contributed by atoms with Crippen LogP contribution in [-0.2, 0) is 4.79 Å². The Balaban J connectivity index is 1.86. The van der Waals surface area contributed by atoms with Crippen molar-refractivity contribution in [1.29, 1.82) is 0 Å². The number of carbonyl (C=O) groups is 1. The quantitative estimate of drug-likeness (QED) is 0.649. The average molecular weight is 304 g/mol. The van der Waals surface area contributed by atoms with Crippen molar-refractivity contribution < 1.29 is 4.79 Å². The van der Waals surface area contributed by atoms with Crippen molar-refractivity contribution >= 4 is 29.3 Å². The van der Waals surface area contributed by atoms with Crippen molar-refractivity contribution in [3.63, 3.8) is 0 Å². The first-order chi connectivity index (χ1) is 11.1. The van der Waals surface area contributed by atoms with Gasteiger partial charge in [-0.15, -0.1) is 0 Å². The molecule has 23 heavy (non-hydrogen) atoms. The van der Waals surface area contributed by atoms with Crippen LogP contribution in [0.5, 0.6) is 0 Å². The molecule has 0 aliphatic heterocycles. The van der Waals surface area contributed by atoms with E-state index in [-0.39, 0.29) is 5.78 Å². The Labute approximate surface area is 136 Å². The molecule has 4 N–H and O–H groups in total. The highest BCUT2D eigenvalue weighted by molar-refractivity contribution is 6.13. The Morgan fingerprint density at radius 1 is 0.696 bits per heavy atom. The predicted molar refractivity (Wildman–Crippen MR) is 96.5 cm³/mol. The van der Waals surface area contributed by atoms with Crippen LogP contribution in [0.25, 0.3) is 12.2 Å². The van der Waals surface area contributed by atoms with Gasteiger partial charge in [0.05, 0.1) is 0 Å². The van der Waals surface area contributed by atoms with Crippen LogP contribution >= 0.6 is 0 Å². The number of rotatable bonds is 2. The molecule has 1 fully saturated rings. The molecule has 3 nitrogen and oxygen atoms in total. The molecule has 2 aromatic rings. The van der Waals surface area contributed by atoms with Gasteiger partial charge in [0.1, 0.15) is 0 Å². The molecule has 0 radical (unpaired) electrons. The number of nitrogen functional groups attached to an aromatic ring is 2. The molecule has 1 saturated carbocycles. The van der Waals surface area contributed by atoms with Crippen LogP contribution in [0, 0.1) is 0 Å². The van der Waals surface area contributed by atoms with Crippen LogP contribution in [0.3, 0.4) is 0 Å². The SMILES string of the molecule is Nc1ccc(/C=C2/CCC/C(=C/c3ccc(N)cc3)C2=O)cc1. The first kappa shape index (κ1) is 15.1. The van der Waals surface area contributed by atoms with Crippen LogP contribution in [-0.4, -0.2) is 5.78 Å². The van der Waals surface area contributed by atoms with E-state index in [0.717, 1.165) is 52.9 Å². The molecule has 116 valence electrons. The number of allylic oxidation sites excluding steroid dienone is 2. The minimum atomic E-state index is 0.143. The Bertz CT molecular complexity index is 703. The van der Waals surface area contributed by atoms with Crippen molar-refractivity contribution in [3.05, 3.63) is 70.8 Å². The molecule has 3 rings (SSSR count). The Morgan fingerprint density at radius 2 is 1.09 bits per heavy atom. The fraction of sp³-hybridized carbons (Fsp3) is 0.150. The summed E-state index contributed by atoms with van der Waals surface area (Å²) in [7, 11) is 0. The van der Waals surface area contributed by atoms with E-state index in [1.54, 1.807) is 0 Å². The summed E-state index contributed by atoms with van der Waals surface area (Å²) in [5.41, 5.74) is 16.6. The van der Waals surface area contributed by atoms with Crippen LogP contribution in [0.2, 0.25) is 0 Å². The van der Waals surface area contributed by atoms with Crippen LogP contribution in [0.4, 0.5) is 11.4 Å². The van der Waals surface area contributed by atoms with Crippen molar-refractivity contribution in [1.82, 2.24) is 0 Å². The zero-order valence-corrected chi connectivity index (χ0v) is 13.0. The fourth-order valence-electron chi connectivity index (χ4n) is 2.76. The van der Waals surface area contributed by atoms with Crippen molar-refractivity contribution in [2.24, 2.45) is 0 Å². The van der Waals surface area contributed by atoms with E-state index in [0.29, 0.717) is 0 Å². The number of anilines is 2. The van der Waals surface area contributed by atoms with E-state index in [9.17, 15) is 4.79 Å². The Kier molecular flexibility index (Phi) is 4.29. The van der Waals surface area contributed by atoms with Gasteiger partial charge in [0.25, 0.3) is 0 Å². The van der Waals surface area contributed by atoms with Gasteiger partial charge in [-0.05, 0) is 66.8 Å². The standard InChI is InChI=1S/C20H20N2O/c21-18-8-4-14(5-9-18)12-16-2-1-3-17(20(16)23)13-15-6-10-19(22)11-7-15/h4-13H,1-3,21-22H2/b16-12-,17-13-. The first-order valence-corrected chi connectivity index (χ1v) is 7.79. The summed E-state index contributed by atoms with van der Waals surface area (Å²) < 4.78 is 0. The van der Waals surface area contributed by atoms with Crippen LogP contribution in [0.15, 0.2) is 59.7 Å². The number of ketones is 1. The number of benzene rings is 2. The zero-order chi connectivity index (χ0) is 16.2. The summed E-state index contributed by atoms with van der Waals surface area (Å²) in [5.74, 6) is 0.143. The molecule has 2 aromatic carbocycles. The number of hydrogen-bond acceptors (Lipinski definition) is 3.